The first-order valence-electron chi connectivity index (χ1n) is 7.50. The molecule has 1 aliphatic rings. The molecule has 0 spiro atoms. The summed E-state index contributed by atoms with van der Waals surface area (Å²) >= 11 is 0. The first-order valence-corrected chi connectivity index (χ1v) is 7.50. The topological polar surface area (TPSA) is 46.1 Å². The minimum Gasteiger partial charge on any atom is -0.278 e. The molecule has 0 radical (unpaired) electrons. The molecule has 0 unspecified atom stereocenters. The van der Waals surface area contributed by atoms with Gasteiger partial charge in [-0.25, -0.2) is 0 Å². The molecule has 0 N–H and O–H groups in total. The summed E-state index contributed by atoms with van der Waals surface area (Å²) in [6.07, 6.45) is 12.4. The Morgan fingerprint density at radius 2 is 1.52 bits per heavy atom. The minimum absolute atomic E-state index is 0.110. The highest BCUT2D eigenvalue weighted by atomic mass is 16.2. The molecule has 0 saturated heterocycles. The van der Waals surface area contributed by atoms with Crippen LogP contribution in [-0.4, -0.2) is 15.9 Å². The maximum absolute atomic E-state index is 13.0. The molecule has 2 aromatic heterocycles. The molecule has 2 aromatic rings. The van der Waals surface area contributed by atoms with E-state index in [0.29, 0.717) is 0 Å². The van der Waals surface area contributed by atoms with Gasteiger partial charge in [0, 0.05) is 18.3 Å². The van der Waals surface area contributed by atoms with Gasteiger partial charge >= 0.3 is 0 Å². The van der Waals surface area contributed by atoms with E-state index in [1.807, 2.05) is 24.3 Å². The Labute approximate surface area is 124 Å². The predicted molar refractivity (Wildman–Crippen MR) is 82.2 cm³/mol. The van der Waals surface area contributed by atoms with Gasteiger partial charge in [0.25, 0.3) is 0 Å². The van der Waals surface area contributed by atoms with Gasteiger partial charge in [-0.05, 0) is 37.1 Å². The number of carbonyl (C=O) groups is 1. The maximum atomic E-state index is 13.0. The summed E-state index contributed by atoms with van der Waals surface area (Å²) < 4.78 is 0. The smallest absolute Gasteiger partial charge is 0.234 e. The van der Waals surface area contributed by atoms with Crippen molar-refractivity contribution in [1.82, 2.24) is 9.97 Å². The van der Waals surface area contributed by atoms with E-state index in [0.717, 1.165) is 37.1 Å². The first-order chi connectivity index (χ1) is 10.4. The van der Waals surface area contributed by atoms with Gasteiger partial charge in [-0.1, -0.05) is 19.3 Å². The molecule has 3 rings (SSSR count). The third kappa shape index (κ3) is 3.10. The molecule has 1 amide bonds. The van der Waals surface area contributed by atoms with Crippen molar-refractivity contribution in [2.45, 2.75) is 32.1 Å². The fourth-order valence-electron chi connectivity index (χ4n) is 2.91. The number of carbonyl (C=O) groups excluding carboxylic acids is 1. The van der Waals surface area contributed by atoms with Gasteiger partial charge in [0.1, 0.15) is 0 Å². The molecule has 21 heavy (non-hydrogen) atoms. The fraction of sp³-hybridized carbons (Fsp3) is 0.353. The normalized spacial score (nSPS) is 15.6. The lowest BCUT2D eigenvalue weighted by Crippen LogP contribution is -2.33. The van der Waals surface area contributed by atoms with Gasteiger partial charge in [0.2, 0.25) is 5.91 Å². The zero-order valence-corrected chi connectivity index (χ0v) is 12.0. The molecule has 0 bridgehead atoms. The number of hydrogen-bond donors (Lipinski definition) is 0. The van der Waals surface area contributed by atoms with E-state index in [2.05, 4.69) is 9.97 Å². The number of aromatic nitrogens is 2. The van der Waals surface area contributed by atoms with Crippen LogP contribution in [0.5, 0.6) is 0 Å². The van der Waals surface area contributed by atoms with E-state index in [9.17, 15) is 4.79 Å². The van der Waals surface area contributed by atoms with E-state index in [1.165, 1.54) is 6.42 Å². The van der Waals surface area contributed by atoms with Crippen LogP contribution in [0.2, 0.25) is 0 Å². The Morgan fingerprint density at radius 3 is 2.00 bits per heavy atom. The second kappa shape index (κ2) is 6.48. The van der Waals surface area contributed by atoms with Crippen LogP contribution >= 0.6 is 0 Å². The van der Waals surface area contributed by atoms with E-state index in [-0.39, 0.29) is 11.8 Å². The number of hydrogen-bond acceptors (Lipinski definition) is 3. The number of rotatable bonds is 3. The van der Waals surface area contributed by atoms with Crippen LogP contribution in [0.15, 0.2) is 49.1 Å². The number of anilines is 2. The lowest BCUT2D eigenvalue weighted by molar-refractivity contribution is -0.122. The van der Waals surface area contributed by atoms with Crippen LogP contribution in [0.4, 0.5) is 11.4 Å². The quantitative estimate of drug-likeness (QED) is 0.861. The molecule has 0 aliphatic heterocycles. The van der Waals surface area contributed by atoms with Crippen LogP contribution in [0.3, 0.4) is 0 Å². The second-order valence-corrected chi connectivity index (χ2v) is 5.43. The highest BCUT2D eigenvalue weighted by molar-refractivity contribution is 6.01. The molecule has 108 valence electrons. The summed E-state index contributed by atoms with van der Waals surface area (Å²) in [7, 11) is 0. The molecule has 2 heterocycles. The Morgan fingerprint density at radius 1 is 0.952 bits per heavy atom. The predicted octanol–water partition coefficient (Wildman–Crippen LogP) is 3.72. The van der Waals surface area contributed by atoms with Gasteiger partial charge < -0.3 is 0 Å². The fourth-order valence-corrected chi connectivity index (χ4v) is 2.91. The number of nitrogens with zero attached hydrogens (tertiary/aromatic N) is 3. The van der Waals surface area contributed by atoms with E-state index in [4.69, 9.17) is 0 Å². The van der Waals surface area contributed by atoms with Crippen molar-refractivity contribution < 1.29 is 4.79 Å². The average Bonchev–Trinajstić information content (AvgIpc) is 2.58. The standard InChI is InChI=1S/C17H19N3O/c21-17(14-6-2-1-3-7-14)20(15-8-4-10-18-12-15)16-9-5-11-19-13-16/h4-5,8-14H,1-3,6-7H2. The molecule has 0 aromatic carbocycles. The first kappa shape index (κ1) is 13.7. The van der Waals surface area contributed by atoms with Crippen molar-refractivity contribution in [3.63, 3.8) is 0 Å². The summed E-state index contributed by atoms with van der Waals surface area (Å²) in [5, 5.41) is 0. The summed E-state index contributed by atoms with van der Waals surface area (Å²) in [6, 6.07) is 7.54. The lowest BCUT2D eigenvalue weighted by atomic mass is 9.88. The third-order valence-corrected chi connectivity index (χ3v) is 3.98. The van der Waals surface area contributed by atoms with Crippen LogP contribution < -0.4 is 4.90 Å². The van der Waals surface area contributed by atoms with Crippen LogP contribution in [-0.2, 0) is 4.79 Å². The van der Waals surface area contributed by atoms with Crippen molar-refractivity contribution in [1.29, 1.82) is 0 Å². The van der Waals surface area contributed by atoms with Crippen LogP contribution in [0, 0.1) is 5.92 Å². The highest BCUT2D eigenvalue weighted by Crippen LogP contribution is 2.31. The monoisotopic (exact) mass is 281 g/mol. The molecule has 0 atom stereocenters. The second-order valence-electron chi connectivity index (χ2n) is 5.43. The number of pyridine rings is 2. The summed E-state index contributed by atoms with van der Waals surface area (Å²) in [6.45, 7) is 0. The molecular formula is C17H19N3O. The van der Waals surface area contributed by atoms with E-state index < -0.39 is 0 Å². The average molecular weight is 281 g/mol. The van der Waals surface area contributed by atoms with Crippen molar-refractivity contribution in [2.75, 3.05) is 4.90 Å². The van der Waals surface area contributed by atoms with Crippen molar-refractivity contribution in [3.8, 4) is 0 Å². The largest absolute Gasteiger partial charge is 0.278 e. The number of amides is 1. The third-order valence-electron chi connectivity index (χ3n) is 3.98. The minimum atomic E-state index is 0.110. The molecule has 4 heteroatoms. The zero-order chi connectivity index (χ0) is 14.5. The van der Waals surface area contributed by atoms with Gasteiger partial charge in [0.15, 0.2) is 0 Å². The Balaban J connectivity index is 1.94. The SMILES string of the molecule is O=C(C1CCCCC1)N(c1cccnc1)c1cccnc1. The van der Waals surface area contributed by atoms with Gasteiger partial charge in [0.05, 0.1) is 23.8 Å². The summed E-state index contributed by atoms with van der Waals surface area (Å²) in [5.41, 5.74) is 1.61. The van der Waals surface area contributed by atoms with E-state index >= 15 is 0 Å². The van der Waals surface area contributed by atoms with Crippen LogP contribution in [0.1, 0.15) is 32.1 Å². The van der Waals surface area contributed by atoms with Crippen LogP contribution in [0.25, 0.3) is 0 Å². The van der Waals surface area contributed by atoms with Crippen molar-refractivity contribution >= 4 is 17.3 Å². The van der Waals surface area contributed by atoms with Gasteiger partial charge in [-0.3, -0.25) is 19.7 Å². The summed E-state index contributed by atoms with van der Waals surface area (Å²) in [4.78, 5) is 23.0. The highest BCUT2D eigenvalue weighted by Gasteiger charge is 2.28. The summed E-state index contributed by atoms with van der Waals surface area (Å²) in [5.74, 6) is 0.273. The van der Waals surface area contributed by atoms with Crippen molar-refractivity contribution in [3.05, 3.63) is 49.1 Å². The molecule has 1 saturated carbocycles. The van der Waals surface area contributed by atoms with Gasteiger partial charge in [-0.15, -0.1) is 0 Å². The molecule has 4 nitrogen and oxygen atoms in total. The molecular weight excluding hydrogens is 262 g/mol. The maximum Gasteiger partial charge on any atom is 0.234 e. The van der Waals surface area contributed by atoms with E-state index in [1.54, 1.807) is 29.7 Å². The Hall–Kier alpha value is -2.23. The van der Waals surface area contributed by atoms with Gasteiger partial charge in [-0.2, -0.15) is 0 Å². The lowest BCUT2D eigenvalue weighted by Gasteiger charge is -2.29. The van der Waals surface area contributed by atoms with Crippen molar-refractivity contribution in [2.24, 2.45) is 5.92 Å². The molecule has 1 fully saturated rings. The zero-order valence-electron chi connectivity index (χ0n) is 12.0. The molecule has 1 aliphatic carbocycles. The Kier molecular flexibility index (Phi) is 4.24. The Bertz CT molecular complexity index is 540.